The summed E-state index contributed by atoms with van der Waals surface area (Å²) in [6.07, 6.45) is -3.70. The number of anilines is 1. The highest BCUT2D eigenvalue weighted by atomic mass is 35.5. The highest BCUT2D eigenvalue weighted by Gasteiger charge is 2.62. The number of carbonyl (C=O) groups is 1. The lowest BCUT2D eigenvalue weighted by Crippen LogP contribution is -2.42. The molecular formula is C21H15Cl4F3N2O2. The summed E-state index contributed by atoms with van der Waals surface area (Å²) in [5.41, 5.74) is -2.26. The zero-order valence-electron chi connectivity index (χ0n) is 16.2. The third kappa shape index (κ3) is 4.40. The summed E-state index contributed by atoms with van der Waals surface area (Å²) in [5.74, 6) is 0.142. The van der Waals surface area contributed by atoms with E-state index in [9.17, 15) is 18.0 Å². The molecule has 4 nitrogen and oxygen atoms in total. The first-order valence-electron chi connectivity index (χ1n) is 9.55. The lowest BCUT2D eigenvalue weighted by atomic mass is 9.86. The summed E-state index contributed by atoms with van der Waals surface area (Å²) in [7, 11) is 0. The fourth-order valence-electron chi connectivity index (χ4n) is 3.42. The van der Waals surface area contributed by atoms with Crippen LogP contribution in [0.25, 0.3) is 0 Å². The van der Waals surface area contributed by atoms with Crippen molar-refractivity contribution in [2.45, 2.75) is 31.0 Å². The number of nitrogens with one attached hydrogen (secondary N) is 1. The lowest BCUT2D eigenvalue weighted by Gasteiger charge is -2.30. The number of halogens is 7. The standard InChI is InChI=1S/C21H15Cl4F3N2O2/c22-13-4-3-11(5-16(13)29-9-18(31)10-1-2-10)17-8-20(32-30-17,21(26,27)28)12-6-14(23)19(25)15(24)7-12/h3-7,10,29H,1-2,8-9H2. The van der Waals surface area contributed by atoms with Gasteiger partial charge in [-0.3, -0.25) is 4.79 Å². The molecule has 11 heteroatoms. The molecule has 1 unspecified atom stereocenters. The van der Waals surface area contributed by atoms with Gasteiger partial charge in [0, 0.05) is 23.5 Å². The molecule has 0 aromatic heterocycles. The van der Waals surface area contributed by atoms with Crippen molar-refractivity contribution in [3.05, 3.63) is 61.5 Å². The molecule has 0 saturated heterocycles. The molecule has 2 aliphatic rings. The molecule has 2 aromatic carbocycles. The number of carbonyl (C=O) groups excluding carboxylic acids is 1. The van der Waals surface area contributed by atoms with E-state index in [1.165, 1.54) is 12.1 Å². The quantitative estimate of drug-likeness (QED) is 0.403. The Morgan fingerprint density at radius 3 is 2.34 bits per heavy atom. The number of Topliss-reactive ketones (excluding diaryl/α,β-unsaturated/α-hetero) is 1. The Morgan fingerprint density at radius 1 is 1.09 bits per heavy atom. The predicted octanol–water partition coefficient (Wildman–Crippen LogP) is 7.27. The largest absolute Gasteiger partial charge is 0.435 e. The van der Waals surface area contributed by atoms with Gasteiger partial charge in [-0.25, -0.2) is 0 Å². The number of rotatable bonds is 6. The van der Waals surface area contributed by atoms with Gasteiger partial charge in [-0.15, -0.1) is 0 Å². The van der Waals surface area contributed by atoms with Gasteiger partial charge in [-0.2, -0.15) is 13.2 Å². The molecule has 1 saturated carbocycles. The second-order valence-electron chi connectivity index (χ2n) is 7.67. The van der Waals surface area contributed by atoms with Crippen molar-refractivity contribution in [1.82, 2.24) is 0 Å². The first-order valence-corrected chi connectivity index (χ1v) is 11.1. The minimum Gasteiger partial charge on any atom is -0.377 e. The van der Waals surface area contributed by atoms with Crippen LogP contribution in [0, 0.1) is 5.92 Å². The van der Waals surface area contributed by atoms with Crippen LogP contribution in [0.4, 0.5) is 18.9 Å². The first kappa shape index (κ1) is 23.5. The SMILES string of the molecule is O=C(CNc1cc(C2=NOC(c3cc(Cl)c(Cl)c(Cl)c3)(C(F)(F)F)C2)ccc1Cl)C1CC1. The summed E-state index contributed by atoms with van der Waals surface area (Å²) in [4.78, 5) is 17.0. The monoisotopic (exact) mass is 524 g/mol. The molecule has 0 radical (unpaired) electrons. The zero-order valence-corrected chi connectivity index (χ0v) is 19.2. The number of alkyl halides is 3. The maximum absolute atomic E-state index is 14.2. The van der Waals surface area contributed by atoms with E-state index in [-0.39, 0.29) is 44.6 Å². The van der Waals surface area contributed by atoms with Gasteiger partial charge in [-0.05, 0) is 37.1 Å². The summed E-state index contributed by atoms with van der Waals surface area (Å²) in [6, 6.07) is 6.73. The van der Waals surface area contributed by atoms with E-state index in [0.29, 0.717) is 16.3 Å². The summed E-state index contributed by atoms with van der Waals surface area (Å²) in [6.45, 7) is 0.0884. The fraction of sp³-hybridized carbons (Fsp3) is 0.333. The van der Waals surface area contributed by atoms with Gasteiger partial charge >= 0.3 is 6.18 Å². The maximum atomic E-state index is 14.2. The van der Waals surface area contributed by atoms with Crippen LogP contribution in [0.3, 0.4) is 0 Å². The first-order chi connectivity index (χ1) is 15.0. The average molecular weight is 526 g/mol. The smallest absolute Gasteiger partial charge is 0.377 e. The minimum absolute atomic E-state index is 0.0530. The molecule has 32 heavy (non-hydrogen) atoms. The van der Waals surface area contributed by atoms with Crippen molar-refractivity contribution in [2.75, 3.05) is 11.9 Å². The molecule has 1 aliphatic heterocycles. The highest BCUT2D eigenvalue weighted by molar-refractivity contribution is 6.48. The van der Waals surface area contributed by atoms with Crippen molar-refractivity contribution in [3.63, 3.8) is 0 Å². The van der Waals surface area contributed by atoms with Crippen molar-refractivity contribution in [3.8, 4) is 0 Å². The maximum Gasteiger partial charge on any atom is 0.435 e. The Hall–Kier alpha value is -1.67. The summed E-state index contributed by atoms with van der Waals surface area (Å²) < 4.78 is 42.6. The second kappa shape index (κ2) is 8.60. The van der Waals surface area contributed by atoms with Crippen LogP contribution in [0.1, 0.15) is 30.4 Å². The molecular weight excluding hydrogens is 511 g/mol. The van der Waals surface area contributed by atoms with Gasteiger partial charge < -0.3 is 10.2 Å². The van der Waals surface area contributed by atoms with E-state index < -0.39 is 18.2 Å². The van der Waals surface area contributed by atoms with Gasteiger partial charge in [0.15, 0.2) is 5.78 Å². The Balaban J connectivity index is 1.62. The van der Waals surface area contributed by atoms with Crippen LogP contribution in [0.2, 0.25) is 20.1 Å². The minimum atomic E-state index is -4.83. The van der Waals surface area contributed by atoms with E-state index in [1.807, 2.05) is 0 Å². The molecule has 0 bridgehead atoms. The number of oxime groups is 1. The summed E-state index contributed by atoms with van der Waals surface area (Å²) in [5, 5.41) is 6.69. The van der Waals surface area contributed by atoms with Crippen LogP contribution in [-0.4, -0.2) is 24.2 Å². The lowest BCUT2D eigenvalue weighted by molar-refractivity contribution is -0.275. The van der Waals surface area contributed by atoms with Crippen LogP contribution >= 0.6 is 46.4 Å². The number of nitrogens with zero attached hydrogens (tertiary/aromatic N) is 1. The summed E-state index contributed by atoms with van der Waals surface area (Å²) >= 11 is 24.0. The van der Waals surface area contributed by atoms with Crippen LogP contribution in [0.5, 0.6) is 0 Å². The Morgan fingerprint density at radius 2 is 1.75 bits per heavy atom. The molecule has 4 rings (SSSR count). The second-order valence-corrected chi connectivity index (χ2v) is 9.27. The molecule has 1 fully saturated rings. The number of hydrogen-bond donors (Lipinski definition) is 1. The van der Waals surface area contributed by atoms with Crippen LogP contribution < -0.4 is 5.32 Å². The van der Waals surface area contributed by atoms with E-state index in [0.717, 1.165) is 25.0 Å². The third-order valence-corrected chi connectivity index (χ3v) is 6.95. The van der Waals surface area contributed by atoms with Gasteiger partial charge in [0.05, 0.1) is 38.0 Å². The Bertz CT molecular complexity index is 1100. The fourth-order valence-corrected chi connectivity index (χ4v) is 4.20. The Labute approximate surface area is 201 Å². The van der Waals surface area contributed by atoms with Gasteiger partial charge in [0.2, 0.25) is 0 Å². The van der Waals surface area contributed by atoms with Crippen LogP contribution in [-0.2, 0) is 15.2 Å². The van der Waals surface area contributed by atoms with E-state index in [4.69, 9.17) is 51.2 Å². The number of benzene rings is 2. The Kier molecular flexibility index (Phi) is 6.31. The molecule has 170 valence electrons. The number of hydrogen-bond acceptors (Lipinski definition) is 4. The molecule has 0 spiro atoms. The average Bonchev–Trinajstić information content (AvgIpc) is 3.48. The molecule has 2 aromatic rings. The van der Waals surface area contributed by atoms with E-state index in [2.05, 4.69) is 10.5 Å². The van der Waals surface area contributed by atoms with Crippen LogP contribution in [0.15, 0.2) is 35.5 Å². The molecule has 1 atom stereocenters. The van der Waals surface area contributed by atoms with Gasteiger partial charge in [0.1, 0.15) is 0 Å². The third-order valence-electron chi connectivity index (χ3n) is 5.42. The van der Waals surface area contributed by atoms with Crippen molar-refractivity contribution in [2.24, 2.45) is 11.1 Å². The van der Waals surface area contributed by atoms with Gasteiger partial charge in [-0.1, -0.05) is 57.6 Å². The van der Waals surface area contributed by atoms with Crippen molar-refractivity contribution in [1.29, 1.82) is 0 Å². The molecule has 1 N–H and O–H groups in total. The van der Waals surface area contributed by atoms with Crippen molar-refractivity contribution >= 4 is 63.6 Å². The molecule has 1 aliphatic carbocycles. The van der Waals surface area contributed by atoms with E-state index in [1.54, 1.807) is 6.07 Å². The highest BCUT2D eigenvalue weighted by Crippen LogP contribution is 2.50. The topological polar surface area (TPSA) is 50.7 Å². The predicted molar refractivity (Wildman–Crippen MR) is 119 cm³/mol. The van der Waals surface area contributed by atoms with Crippen molar-refractivity contribution < 1.29 is 22.8 Å². The van der Waals surface area contributed by atoms with E-state index >= 15 is 0 Å². The molecule has 0 amide bonds. The zero-order chi connectivity index (χ0) is 23.3. The van der Waals surface area contributed by atoms with Gasteiger partial charge in [0.25, 0.3) is 5.60 Å². The molecule has 1 heterocycles. The number of ketones is 1. The normalized spacial score (nSPS) is 20.7.